The number of aliphatic carboxylic acids is 1. The number of carboxylic acids is 1. The number of nitrogens with zero attached hydrogens (tertiary/aromatic N) is 3. The molecular weight excluding hydrogens is 482 g/mol. The molecular formula is C30H31N3O5. The molecule has 0 bridgehead atoms. The number of benzene rings is 3. The molecule has 0 aliphatic heterocycles. The Balaban J connectivity index is 1.87. The topological polar surface area (TPSA) is 103 Å². The van der Waals surface area contributed by atoms with Gasteiger partial charge in [0, 0.05) is 5.56 Å². The van der Waals surface area contributed by atoms with Gasteiger partial charge in [-0.15, -0.1) is 0 Å². The number of hydrogen-bond acceptors (Lipinski definition) is 6. The summed E-state index contributed by atoms with van der Waals surface area (Å²) in [6.07, 6.45) is 0.534. The normalized spacial score (nSPS) is 12.3. The minimum atomic E-state index is -1.06. The standard InChI is InChI=1S/C30H31N3O5/c1-6-37-27-14-19(4)25(16-24(27)18(2)3)28-32-26-13-8-7-12-23(26)29(34)33(28)31-17-21-10-9-11-22(15-21)38-20(5)30(35)36/h7-18,20H,6H2,1-5H3,(H,35,36)/t20-/m0/s1. The second-order valence-electron chi connectivity index (χ2n) is 9.28. The summed E-state index contributed by atoms with van der Waals surface area (Å²) in [4.78, 5) is 29.6. The quantitative estimate of drug-likeness (QED) is 0.291. The van der Waals surface area contributed by atoms with Crippen molar-refractivity contribution in [2.45, 2.75) is 46.6 Å². The van der Waals surface area contributed by atoms with Crippen LogP contribution >= 0.6 is 0 Å². The van der Waals surface area contributed by atoms with Crippen LogP contribution in [-0.4, -0.2) is 39.7 Å². The number of para-hydroxylation sites is 1. The van der Waals surface area contributed by atoms with Crippen molar-refractivity contribution < 1.29 is 19.4 Å². The summed E-state index contributed by atoms with van der Waals surface area (Å²) < 4.78 is 12.7. The molecule has 0 fully saturated rings. The smallest absolute Gasteiger partial charge is 0.344 e. The lowest BCUT2D eigenvalue weighted by molar-refractivity contribution is -0.144. The molecule has 0 aliphatic rings. The Morgan fingerprint density at radius 1 is 1.11 bits per heavy atom. The minimum Gasteiger partial charge on any atom is -0.494 e. The molecule has 0 amide bonds. The van der Waals surface area contributed by atoms with E-state index in [0.29, 0.717) is 34.6 Å². The summed E-state index contributed by atoms with van der Waals surface area (Å²) in [6, 6.07) is 18.0. The van der Waals surface area contributed by atoms with E-state index in [-0.39, 0.29) is 11.5 Å². The third-order valence-corrected chi connectivity index (χ3v) is 6.11. The molecule has 0 saturated carbocycles. The van der Waals surface area contributed by atoms with E-state index in [0.717, 1.165) is 22.4 Å². The lowest BCUT2D eigenvalue weighted by atomic mass is 9.96. The molecule has 4 aromatic rings. The van der Waals surface area contributed by atoms with Gasteiger partial charge in [0.1, 0.15) is 11.5 Å². The van der Waals surface area contributed by atoms with Crippen molar-refractivity contribution in [2.75, 3.05) is 6.61 Å². The molecule has 0 unspecified atom stereocenters. The Hall–Kier alpha value is -4.46. The number of carbonyl (C=O) groups is 1. The highest BCUT2D eigenvalue weighted by Gasteiger charge is 2.18. The van der Waals surface area contributed by atoms with Crippen LogP contribution in [0, 0.1) is 6.92 Å². The van der Waals surface area contributed by atoms with E-state index in [2.05, 4.69) is 18.9 Å². The van der Waals surface area contributed by atoms with Gasteiger partial charge >= 0.3 is 5.97 Å². The van der Waals surface area contributed by atoms with E-state index in [1.54, 1.807) is 36.4 Å². The maximum atomic E-state index is 13.6. The number of ether oxygens (including phenoxy) is 2. The SMILES string of the molecule is CCOc1cc(C)c(-c2nc3ccccc3c(=O)n2N=Cc2cccc(O[C@@H](C)C(=O)O)c2)cc1C(C)C. The van der Waals surface area contributed by atoms with Crippen LogP contribution in [0.25, 0.3) is 22.3 Å². The summed E-state index contributed by atoms with van der Waals surface area (Å²) in [5, 5.41) is 14.1. The highest BCUT2D eigenvalue weighted by atomic mass is 16.5. The fourth-order valence-electron chi connectivity index (χ4n) is 4.12. The number of rotatable bonds is 9. The molecule has 1 N–H and O–H groups in total. The van der Waals surface area contributed by atoms with Crippen LogP contribution < -0.4 is 15.0 Å². The summed E-state index contributed by atoms with van der Waals surface area (Å²) >= 11 is 0. The molecule has 1 aromatic heterocycles. The van der Waals surface area contributed by atoms with Gasteiger partial charge in [-0.05, 0) is 79.8 Å². The summed E-state index contributed by atoms with van der Waals surface area (Å²) in [5.41, 5.74) is 3.62. The zero-order valence-electron chi connectivity index (χ0n) is 22.1. The highest BCUT2D eigenvalue weighted by Crippen LogP contribution is 2.34. The lowest BCUT2D eigenvalue weighted by Crippen LogP contribution is -2.22. The van der Waals surface area contributed by atoms with Crippen molar-refractivity contribution in [2.24, 2.45) is 5.10 Å². The maximum absolute atomic E-state index is 13.6. The number of fused-ring (bicyclic) bond motifs is 1. The van der Waals surface area contributed by atoms with Crippen LogP contribution in [0.15, 0.2) is 70.6 Å². The molecule has 0 saturated heterocycles. The monoisotopic (exact) mass is 513 g/mol. The molecule has 4 rings (SSSR count). The van der Waals surface area contributed by atoms with Crippen molar-refractivity contribution in [3.8, 4) is 22.9 Å². The molecule has 196 valence electrons. The van der Waals surface area contributed by atoms with E-state index in [9.17, 15) is 9.59 Å². The Morgan fingerprint density at radius 3 is 2.58 bits per heavy atom. The zero-order chi connectivity index (χ0) is 27.4. The molecule has 1 atom stereocenters. The first-order chi connectivity index (χ1) is 18.2. The number of carboxylic acid groups (broad SMARTS) is 1. The van der Waals surface area contributed by atoms with Gasteiger partial charge in [-0.2, -0.15) is 9.78 Å². The first kappa shape index (κ1) is 26.6. The second kappa shape index (κ2) is 11.3. The average molecular weight is 514 g/mol. The Kier molecular flexibility index (Phi) is 7.90. The van der Waals surface area contributed by atoms with Gasteiger partial charge in [0.15, 0.2) is 11.9 Å². The van der Waals surface area contributed by atoms with Gasteiger partial charge < -0.3 is 14.6 Å². The second-order valence-corrected chi connectivity index (χ2v) is 9.28. The first-order valence-corrected chi connectivity index (χ1v) is 12.5. The predicted molar refractivity (Wildman–Crippen MR) is 149 cm³/mol. The van der Waals surface area contributed by atoms with Crippen molar-refractivity contribution >= 4 is 23.1 Å². The van der Waals surface area contributed by atoms with E-state index in [1.807, 2.05) is 38.1 Å². The lowest BCUT2D eigenvalue weighted by Gasteiger charge is -2.18. The molecule has 1 heterocycles. The fourth-order valence-corrected chi connectivity index (χ4v) is 4.12. The van der Waals surface area contributed by atoms with Crippen LogP contribution in [0.2, 0.25) is 0 Å². The van der Waals surface area contributed by atoms with Crippen molar-refractivity contribution in [3.63, 3.8) is 0 Å². The van der Waals surface area contributed by atoms with Gasteiger partial charge in [-0.3, -0.25) is 4.79 Å². The van der Waals surface area contributed by atoms with E-state index in [1.165, 1.54) is 17.8 Å². The molecule has 0 radical (unpaired) electrons. The van der Waals surface area contributed by atoms with Crippen LogP contribution in [0.3, 0.4) is 0 Å². The predicted octanol–water partition coefficient (Wildman–Crippen LogP) is 5.63. The van der Waals surface area contributed by atoms with Gasteiger partial charge in [0.25, 0.3) is 5.56 Å². The van der Waals surface area contributed by atoms with Gasteiger partial charge in [0.05, 0.1) is 23.7 Å². The summed E-state index contributed by atoms with van der Waals surface area (Å²) in [6.45, 7) is 10.1. The minimum absolute atomic E-state index is 0.191. The Bertz CT molecular complexity index is 1570. The molecule has 0 aliphatic carbocycles. The number of hydrogen-bond donors (Lipinski definition) is 1. The highest BCUT2D eigenvalue weighted by molar-refractivity contribution is 5.83. The van der Waals surface area contributed by atoms with Gasteiger partial charge in [-0.1, -0.05) is 38.1 Å². The van der Waals surface area contributed by atoms with Crippen molar-refractivity contribution in [3.05, 3.63) is 87.7 Å². The zero-order valence-corrected chi connectivity index (χ0v) is 22.1. The third-order valence-electron chi connectivity index (χ3n) is 6.11. The average Bonchev–Trinajstić information content (AvgIpc) is 2.88. The Labute approximate surface area is 221 Å². The Morgan fingerprint density at radius 2 is 1.87 bits per heavy atom. The number of aromatic nitrogens is 2. The molecule has 8 heteroatoms. The van der Waals surface area contributed by atoms with Crippen LogP contribution in [0.1, 0.15) is 50.3 Å². The third kappa shape index (κ3) is 5.59. The van der Waals surface area contributed by atoms with Gasteiger partial charge in [0.2, 0.25) is 0 Å². The molecule has 38 heavy (non-hydrogen) atoms. The van der Waals surface area contributed by atoms with Crippen LogP contribution in [-0.2, 0) is 4.79 Å². The van der Waals surface area contributed by atoms with E-state index < -0.39 is 12.1 Å². The van der Waals surface area contributed by atoms with Crippen LogP contribution in [0.4, 0.5) is 0 Å². The number of aryl methyl sites for hydroxylation is 1. The summed E-state index contributed by atoms with van der Waals surface area (Å²) in [5.74, 6) is 0.746. The van der Waals surface area contributed by atoms with Crippen molar-refractivity contribution in [1.29, 1.82) is 0 Å². The van der Waals surface area contributed by atoms with Gasteiger partial charge in [-0.25, -0.2) is 9.78 Å². The largest absolute Gasteiger partial charge is 0.494 e. The fraction of sp³-hybridized carbons (Fsp3) is 0.267. The maximum Gasteiger partial charge on any atom is 0.344 e. The van der Waals surface area contributed by atoms with E-state index in [4.69, 9.17) is 19.6 Å². The first-order valence-electron chi connectivity index (χ1n) is 12.5. The van der Waals surface area contributed by atoms with Crippen LogP contribution in [0.5, 0.6) is 11.5 Å². The molecule has 0 spiro atoms. The summed E-state index contributed by atoms with van der Waals surface area (Å²) in [7, 11) is 0. The molecule has 8 nitrogen and oxygen atoms in total. The van der Waals surface area contributed by atoms with E-state index >= 15 is 0 Å². The van der Waals surface area contributed by atoms with Crippen molar-refractivity contribution in [1.82, 2.24) is 9.66 Å². The molecule has 3 aromatic carbocycles.